The summed E-state index contributed by atoms with van der Waals surface area (Å²) < 4.78 is 4.01. The van der Waals surface area contributed by atoms with Crippen molar-refractivity contribution in [3.05, 3.63) is 53.7 Å². The van der Waals surface area contributed by atoms with Crippen molar-refractivity contribution in [3.63, 3.8) is 0 Å². The summed E-state index contributed by atoms with van der Waals surface area (Å²) in [7, 11) is 0. The number of fused-ring (bicyclic) bond motifs is 2. The zero-order valence-corrected chi connectivity index (χ0v) is 16.6. The fraction of sp³-hybridized carbons (Fsp3) is 0.389. The molecule has 27 heavy (non-hydrogen) atoms. The minimum atomic E-state index is 0. The van der Waals surface area contributed by atoms with E-state index in [0.29, 0.717) is 19.4 Å². The van der Waals surface area contributed by atoms with Gasteiger partial charge in [0.2, 0.25) is 5.91 Å². The van der Waals surface area contributed by atoms with E-state index in [1.54, 1.807) is 0 Å². The number of halogens is 2. The van der Waals surface area contributed by atoms with Gasteiger partial charge in [0.15, 0.2) is 0 Å². The maximum atomic E-state index is 12.1. The van der Waals surface area contributed by atoms with Gasteiger partial charge in [0.25, 0.3) is 0 Å². The summed E-state index contributed by atoms with van der Waals surface area (Å²) in [6.45, 7) is 3.28. The normalized spacial score (nSPS) is 13.2. The number of carbonyl (C=O) groups excluding carboxylic acids is 1. The van der Waals surface area contributed by atoms with Gasteiger partial charge in [-0.1, -0.05) is 6.07 Å². The van der Waals surface area contributed by atoms with Gasteiger partial charge >= 0.3 is 0 Å². The minimum Gasteiger partial charge on any atom is -0.350 e. The first-order valence-electron chi connectivity index (χ1n) is 8.73. The number of rotatable bonds is 5. The number of carbonyl (C=O) groups is 1. The highest BCUT2D eigenvalue weighted by Crippen LogP contribution is 2.09. The Morgan fingerprint density at radius 3 is 3.00 bits per heavy atom. The van der Waals surface area contributed by atoms with Crippen LogP contribution in [0.1, 0.15) is 29.9 Å². The van der Waals surface area contributed by atoms with Crippen molar-refractivity contribution in [1.29, 1.82) is 0 Å². The molecule has 0 saturated heterocycles. The molecule has 7 nitrogen and oxygen atoms in total. The fourth-order valence-corrected chi connectivity index (χ4v) is 3.13. The van der Waals surface area contributed by atoms with Crippen LogP contribution >= 0.6 is 24.8 Å². The molecule has 1 aliphatic heterocycles. The molecule has 0 aromatic carbocycles. The number of aromatic nitrogens is 4. The number of hydrogen-bond acceptors (Lipinski definition) is 4. The van der Waals surface area contributed by atoms with Gasteiger partial charge in [-0.05, 0) is 37.6 Å². The molecule has 2 N–H and O–H groups in total. The van der Waals surface area contributed by atoms with E-state index in [0.717, 1.165) is 43.1 Å². The first kappa shape index (κ1) is 21.2. The smallest absolute Gasteiger partial charge is 0.220 e. The zero-order valence-electron chi connectivity index (χ0n) is 14.9. The highest BCUT2D eigenvalue weighted by Gasteiger charge is 2.11. The van der Waals surface area contributed by atoms with Crippen LogP contribution in [0.2, 0.25) is 0 Å². The topological polar surface area (TPSA) is 76.2 Å². The lowest BCUT2D eigenvalue weighted by Gasteiger charge is -2.02. The van der Waals surface area contributed by atoms with E-state index in [9.17, 15) is 4.79 Å². The van der Waals surface area contributed by atoms with Crippen molar-refractivity contribution in [1.82, 2.24) is 29.8 Å². The second-order valence-corrected chi connectivity index (χ2v) is 6.36. The predicted molar refractivity (Wildman–Crippen MR) is 108 cm³/mol. The molecule has 0 atom stereocenters. The molecule has 3 aromatic rings. The monoisotopic (exact) mass is 410 g/mol. The molecule has 0 aliphatic carbocycles. The van der Waals surface area contributed by atoms with Crippen LogP contribution < -0.4 is 10.6 Å². The molecule has 0 unspecified atom stereocenters. The van der Waals surface area contributed by atoms with Crippen molar-refractivity contribution in [3.8, 4) is 0 Å². The van der Waals surface area contributed by atoms with Crippen molar-refractivity contribution < 1.29 is 4.79 Å². The zero-order chi connectivity index (χ0) is 17.1. The molecular weight excluding hydrogens is 387 g/mol. The number of nitrogens with one attached hydrogen (secondary N) is 2. The molecule has 4 rings (SSSR count). The molecule has 0 spiro atoms. The van der Waals surface area contributed by atoms with Crippen LogP contribution in [0.3, 0.4) is 0 Å². The van der Waals surface area contributed by atoms with E-state index >= 15 is 0 Å². The summed E-state index contributed by atoms with van der Waals surface area (Å²) in [4.78, 5) is 16.6. The van der Waals surface area contributed by atoms with Crippen molar-refractivity contribution >= 4 is 36.4 Å². The number of aryl methyl sites for hydroxylation is 2. The van der Waals surface area contributed by atoms with Gasteiger partial charge in [0, 0.05) is 31.9 Å². The largest absolute Gasteiger partial charge is 0.350 e. The average molecular weight is 411 g/mol. The molecule has 4 heterocycles. The maximum absolute atomic E-state index is 12.1. The highest BCUT2D eigenvalue weighted by atomic mass is 35.5. The van der Waals surface area contributed by atoms with Crippen molar-refractivity contribution in [2.75, 3.05) is 6.54 Å². The Labute approximate surface area is 170 Å². The van der Waals surface area contributed by atoms with E-state index in [2.05, 4.69) is 26.8 Å². The molecule has 0 fully saturated rings. The standard InChI is InChI=1S/C18H22N6O.2ClH/c25-18(6-5-14-13-23-8-2-1-4-17(23)21-14)20-11-15-10-16-12-19-7-3-9-24(16)22-15;;/h1-2,4,8,10,13,19H,3,5-7,9,11-12H2,(H,20,25);2*1H. The number of hydrogen-bond donors (Lipinski definition) is 2. The van der Waals surface area contributed by atoms with Gasteiger partial charge in [0.1, 0.15) is 5.65 Å². The van der Waals surface area contributed by atoms with Gasteiger partial charge in [-0.2, -0.15) is 5.10 Å². The molecule has 1 amide bonds. The molecule has 146 valence electrons. The number of pyridine rings is 1. The van der Waals surface area contributed by atoms with Crippen LogP contribution in [0.15, 0.2) is 36.7 Å². The van der Waals surface area contributed by atoms with Crippen molar-refractivity contribution in [2.24, 2.45) is 0 Å². The Bertz CT molecular complexity index is 834. The second kappa shape index (κ2) is 9.73. The SMILES string of the molecule is Cl.Cl.O=C(CCc1cn2ccccc2n1)NCc1cc2n(n1)CCCNC2. The average Bonchev–Trinajstić information content (AvgIpc) is 3.15. The Morgan fingerprint density at radius 2 is 2.15 bits per heavy atom. The Morgan fingerprint density at radius 1 is 1.26 bits per heavy atom. The summed E-state index contributed by atoms with van der Waals surface area (Å²) in [6.07, 6.45) is 6.08. The quantitative estimate of drug-likeness (QED) is 0.675. The predicted octanol–water partition coefficient (Wildman–Crippen LogP) is 2.12. The van der Waals surface area contributed by atoms with E-state index in [-0.39, 0.29) is 30.7 Å². The first-order valence-corrected chi connectivity index (χ1v) is 8.73. The third-order valence-corrected chi connectivity index (χ3v) is 4.43. The van der Waals surface area contributed by atoms with Gasteiger partial charge in [0.05, 0.1) is 23.6 Å². The molecular formula is C18H24Cl2N6O. The summed E-state index contributed by atoms with van der Waals surface area (Å²) in [5.74, 6) is 0.0263. The van der Waals surface area contributed by atoms with Crippen LogP contribution in [0.4, 0.5) is 0 Å². The van der Waals surface area contributed by atoms with Gasteiger partial charge in [-0.15, -0.1) is 24.8 Å². The third-order valence-electron chi connectivity index (χ3n) is 4.43. The molecule has 9 heteroatoms. The van der Waals surface area contributed by atoms with E-state index in [1.165, 1.54) is 5.69 Å². The Kier molecular flexibility index (Phi) is 7.65. The van der Waals surface area contributed by atoms with Crippen LogP contribution in [-0.4, -0.2) is 31.6 Å². The molecule has 1 aliphatic rings. The summed E-state index contributed by atoms with van der Waals surface area (Å²) in [6, 6.07) is 7.95. The highest BCUT2D eigenvalue weighted by molar-refractivity contribution is 5.85. The lowest BCUT2D eigenvalue weighted by atomic mass is 10.2. The summed E-state index contributed by atoms with van der Waals surface area (Å²) >= 11 is 0. The number of amides is 1. The molecule has 3 aromatic heterocycles. The third kappa shape index (κ3) is 5.22. The minimum absolute atomic E-state index is 0. The number of nitrogens with zero attached hydrogens (tertiary/aromatic N) is 4. The summed E-state index contributed by atoms with van der Waals surface area (Å²) in [5, 5.41) is 10.9. The van der Waals surface area contributed by atoms with E-state index in [1.807, 2.05) is 39.7 Å². The molecule has 0 saturated carbocycles. The second-order valence-electron chi connectivity index (χ2n) is 6.36. The lowest BCUT2D eigenvalue weighted by Crippen LogP contribution is -2.23. The van der Waals surface area contributed by atoms with Crippen LogP contribution in [-0.2, 0) is 30.8 Å². The van der Waals surface area contributed by atoms with Crippen LogP contribution in [0.5, 0.6) is 0 Å². The van der Waals surface area contributed by atoms with E-state index in [4.69, 9.17) is 0 Å². The molecule has 0 radical (unpaired) electrons. The Balaban J connectivity index is 0.00000131. The lowest BCUT2D eigenvalue weighted by molar-refractivity contribution is -0.121. The molecule has 0 bridgehead atoms. The first-order chi connectivity index (χ1) is 12.3. The summed E-state index contributed by atoms with van der Waals surface area (Å²) in [5.41, 5.74) is 3.94. The van der Waals surface area contributed by atoms with Crippen LogP contribution in [0, 0.1) is 0 Å². The number of imidazole rings is 1. The van der Waals surface area contributed by atoms with Gasteiger partial charge in [-0.3, -0.25) is 9.48 Å². The van der Waals surface area contributed by atoms with E-state index < -0.39 is 0 Å². The Hall–Kier alpha value is -2.09. The van der Waals surface area contributed by atoms with Gasteiger partial charge in [-0.25, -0.2) is 4.98 Å². The fourth-order valence-electron chi connectivity index (χ4n) is 3.13. The van der Waals surface area contributed by atoms with Crippen molar-refractivity contribution in [2.45, 2.75) is 38.9 Å². The maximum Gasteiger partial charge on any atom is 0.220 e. The van der Waals surface area contributed by atoms with Crippen LogP contribution in [0.25, 0.3) is 5.65 Å². The van der Waals surface area contributed by atoms with Gasteiger partial charge < -0.3 is 15.0 Å².